The zero-order valence-electron chi connectivity index (χ0n) is 11.4. The highest BCUT2D eigenvalue weighted by molar-refractivity contribution is 7.86. The average Bonchev–Trinajstić information content (AvgIpc) is 2.23. The van der Waals surface area contributed by atoms with Crippen molar-refractivity contribution in [1.82, 2.24) is 4.90 Å². The van der Waals surface area contributed by atoms with Gasteiger partial charge in [-0.1, -0.05) is 0 Å². The van der Waals surface area contributed by atoms with Gasteiger partial charge in [0.15, 0.2) is 0 Å². The maximum atomic E-state index is 12.4. The molecule has 0 saturated carbocycles. The molecule has 0 aromatic heterocycles. The van der Waals surface area contributed by atoms with Gasteiger partial charge in [-0.05, 0) is 27.2 Å². The minimum Gasteiger partial charge on any atom is -0.444 e. The minimum absolute atomic E-state index is 0.0259. The second-order valence-corrected chi connectivity index (χ2v) is 6.94. The lowest BCUT2D eigenvalue weighted by molar-refractivity contribution is -0.0426. The molecule has 0 spiro atoms. The van der Waals surface area contributed by atoms with E-state index in [4.69, 9.17) is 9.47 Å². The highest BCUT2D eigenvalue weighted by Gasteiger charge is 2.28. The molecule has 1 aliphatic rings. The number of halogens is 1. The average molecular weight is 297 g/mol. The van der Waals surface area contributed by atoms with E-state index in [-0.39, 0.29) is 19.6 Å². The monoisotopic (exact) mass is 297 g/mol. The molecule has 0 aromatic carbocycles. The van der Waals surface area contributed by atoms with E-state index in [1.165, 1.54) is 4.90 Å². The molecule has 1 saturated heterocycles. The quantitative estimate of drug-likeness (QED) is 0.734. The molecule has 1 atom stereocenters. The minimum atomic E-state index is -4.50. The Hall–Kier alpha value is -0.890. The molecular weight excluding hydrogens is 277 g/mol. The van der Waals surface area contributed by atoms with Crippen LogP contribution in [-0.4, -0.2) is 56.6 Å². The van der Waals surface area contributed by atoms with Crippen LogP contribution in [0.15, 0.2) is 0 Å². The Morgan fingerprint density at radius 1 is 1.47 bits per heavy atom. The number of ether oxygens (including phenoxy) is 2. The Morgan fingerprint density at radius 3 is 2.63 bits per heavy atom. The predicted octanol–water partition coefficient (Wildman–Crippen LogP) is 1.31. The van der Waals surface area contributed by atoms with Gasteiger partial charge in [-0.15, -0.1) is 3.89 Å². The summed E-state index contributed by atoms with van der Waals surface area (Å²) in [5, 5.41) is 0. The molecule has 1 aliphatic heterocycles. The molecule has 0 aliphatic carbocycles. The molecule has 8 heteroatoms. The molecule has 1 heterocycles. The fourth-order valence-electron chi connectivity index (χ4n) is 1.66. The van der Waals surface area contributed by atoms with Crippen molar-refractivity contribution in [3.05, 3.63) is 0 Å². The van der Waals surface area contributed by atoms with Crippen LogP contribution in [0.25, 0.3) is 0 Å². The Balaban J connectivity index is 2.48. The molecular formula is C11H20FNO5S. The summed E-state index contributed by atoms with van der Waals surface area (Å²) < 4.78 is 43.8. The number of carbonyl (C=O) groups excluding carboxylic acids is 1. The van der Waals surface area contributed by atoms with Crippen molar-refractivity contribution in [3.8, 4) is 0 Å². The Bertz CT molecular complexity index is 417. The molecule has 0 N–H and O–H groups in total. The van der Waals surface area contributed by atoms with Crippen molar-refractivity contribution in [2.45, 2.75) is 38.9 Å². The third kappa shape index (κ3) is 6.72. The Kier molecular flexibility index (Phi) is 5.14. The number of nitrogens with zero attached hydrogens (tertiary/aromatic N) is 1. The summed E-state index contributed by atoms with van der Waals surface area (Å²) in [6.07, 6.45) is -0.923. The number of rotatable bonds is 3. The van der Waals surface area contributed by atoms with Crippen molar-refractivity contribution in [2.24, 2.45) is 0 Å². The second kappa shape index (κ2) is 6.04. The SMILES string of the molecule is CC(C)(C)OC(=O)N1CCOC(CCS(=O)(=O)F)C1. The number of amides is 1. The summed E-state index contributed by atoms with van der Waals surface area (Å²) in [5.41, 5.74) is -0.590. The van der Waals surface area contributed by atoms with Gasteiger partial charge in [0.2, 0.25) is 0 Å². The first kappa shape index (κ1) is 16.2. The lowest BCUT2D eigenvalue weighted by Crippen LogP contribution is -2.47. The van der Waals surface area contributed by atoms with E-state index in [0.29, 0.717) is 6.54 Å². The standard InChI is InChI=1S/C11H20FNO5S/c1-11(2,3)18-10(14)13-5-6-17-9(8-13)4-7-19(12,15)16/h9H,4-8H2,1-3H3. The van der Waals surface area contributed by atoms with Gasteiger partial charge in [-0.2, -0.15) is 8.42 Å². The van der Waals surface area contributed by atoms with Crippen LogP contribution in [0, 0.1) is 0 Å². The zero-order valence-corrected chi connectivity index (χ0v) is 12.2. The van der Waals surface area contributed by atoms with Crippen LogP contribution in [0.5, 0.6) is 0 Å². The first-order valence-electron chi connectivity index (χ1n) is 6.09. The summed E-state index contributed by atoms with van der Waals surface area (Å²) in [4.78, 5) is 13.3. The smallest absolute Gasteiger partial charge is 0.410 e. The number of carbonyl (C=O) groups is 1. The van der Waals surface area contributed by atoms with Gasteiger partial charge in [0.25, 0.3) is 0 Å². The number of morpholine rings is 1. The molecule has 1 rings (SSSR count). The summed E-state index contributed by atoms with van der Waals surface area (Å²) in [7, 11) is -4.50. The topological polar surface area (TPSA) is 72.9 Å². The fraction of sp³-hybridized carbons (Fsp3) is 0.909. The van der Waals surface area contributed by atoms with Gasteiger partial charge in [0, 0.05) is 6.54 Å². The molecule has 0 radical (unpaired) electrons. The molecule has 0 bridgehead atoms. The van der Waals surface area contributed by atoms with Gasteiger partial charge in [0.05, 0.1) is 25.0 Å². The summed E-state index contributed by atoms with van der Waals surface area (Å²) in [5.74, 6) is -0.597. The molecule has 1 fully saturated rings. The highest BCUT2D eigenvalue weighted by atomic mass is 32.3. The predicted molar refractivity (Wildman–Crippen MR) is 67.1 cm³/mol. The third-order valence-corrected chi connectivity index (χ3v) is 3.20. The van der Waals surface area contributed by atoms with Crippen molar-refractivity contribution in [3.63, 3.8) is 0 Å². The van der Waals surface area contributed by atoms with Crippen molar-refractivity contribution < 1.29 is 26.6 Å². The summed E-state index contributed by atoms with van der Waals surface area (Å²) in [6, 6.07) is 0. The van der Waals surface area contributed by atoms with Crippen LogP contribution in [0.3, 0.4) is 0 Å². The lowest BCUT2D eigenvalue weighted by atomic mass is 10.2. The Labute approximate surface area is 113 Å². The van der Waals surface area contributed by atoms with Gasteiger partial charge in [-0.3, -0.25) is 0 Å². The molecule has 0 aromatic rings. The van der Waals surface area contributed by atoms with E-state index < -0.39 is 33.8 Å². The number of hydrogen-bond donors (Lipinski definition) is 0. The van der Waals surface area contributed by atoms with E-state index in [1.54, 1.807) is 20.8 Å². The molecule has 112 valence electrons. The van der Waals surface area contributed by atoms with E-state index >= 15 is 0 Å². The van der Waals surface area contributed by atoms with Gasteiger partial charge in [0.1, 0.15) is 5.60 Å². The molecule has 19 heavy (non-hydrogen) atoms. The lowest BCUT2D eigenvalue weighted by Gasteiger charge is -2.34. The van der Waals surface area contributed by atoms with Crippen molar-refractivity contribution in [1.29, 1.82) is 0 Å². The molecule has 1 unspecified atom stereocenters. The van der Waals surface area contributed by atoms with Crippen LogP contribution in [-0.2, 0) is 19.7 Å². The van der Waals surface area contributed by atoms with E-state index in [1.807, 2.05) is 0 Å². The van der Waals surface area contributed by atoms with E-state index in [0.717, 1.165) is 0 Å². The van der Waals surface area contributed by atoms with Gasteiger partial charge >= 0.3 is 16.3 Å². The van der Waals surface area contributed by atoms with Crippen LogP contribution in [0.2, 0.25) is 0 Å². The Morgan fingerprint density at radius 2 is 2.11 bits per heavy atom. The summed E-state index contributed by atoms with van der Waals surface area (Å²) >= 11 is 0. The van der Waals surface area contributed by atoms with Crippen LogP contribution in [0.4, 0.5) is 8.68 Å². The van der Waals surface area contributed by atoms with Crippen molar-refractivity contribution in [2.75, 3.05) is 25.4 Å². The molecule has 6 nitrogen and oxygen atoms in total. The zero-order chi connectivity index (χ0) is 14.7. The summed E-state index contributed by atoms with van der Waals surface area (Å²) in [6.45, 7) is 6.17. The third-order valence-electron chi connectivity index (χ3n) is 2.47. The second-order valence-electron chi connectivity index (χ2n) is 5.45. The largest absolute Gasteiger partial charge is 0.444 e. The van der Waals surface area contributed by atoms with Crippen molar-refractivity contribution >= 4 is 16.3 Å². The first-order chi connectivity index (χ1) is 8.57. The maximum absolute atomic E-state index is 12.4. The van der Waals surface area contributed by atoms with Gasteiger partial charge < -0.3 is 14.4 Å². The van der Waals surface area contributed by atoms with Gasteiger partial charge in [-0.25, -0.2) is 4.79 Å². The van der Waals surface area contributed by atoms with Crippen LogP contribution < -0.4 is 0 Å². The highest BCUT2D eigenvalue weighted by Crippen LogP contribution is 2.15. The fourth-order valence-corrected chi connectivity index (χ4v) is 2.20. The van der Waals surface area contributed by atoms with Crippen LogP contribution in [0.1, 0.15) is 27.2 Å². The van der Waals surface area contributed by atoms with E-state index in [2.05, 4.69) is 0 Å². The molecule has 1 amide bonds. The van der Waals surface area contributed by atoms with E-state index in [9.17, 15) is 17.1 Å². The van der Waals surface area contributed by atoms with Crippen LogP contribution >= 0.6 is 0 Å². The normalized spacial score (nSPS) is 21.3. The maximum Gasteiger partial charge on any atom is 0.410 e. The first-order valence-corrected chi connectivity index (χ1v) is 7.64. The number of hydrogen-bond acceptors (Lipinski definition) is 5.